The SMILES string of the molecule is Cc1sc2nc(CSc3ccc4c(c3)OCCO4)[nH]c(=O)c2c1C. The summed E-state index contributed by atoms with van der Waals surface area (Å²) in [6.45, 7) is 5.15. The van der Waals surface area contributed by atoms with Gasteiger partial charge >= 0.3 is 0 Å². The number of nitrogens with one attached hydrogen (secondary N) is 1. The van der Waals surface area contributed by atoms with E-state index in [0.29, 0.717) is 30.2 Å². The molecule has 1 aliphatic heterocycles. The van der Waals surface area contributed by atoms with Crippen LogP contribution in [0.4, 0.5) is 0 Å². The van der Waals surface area contributed by atoms with Gasteiger partial charge in [-0.3, -0.25) is 4.79 Å². The van der Waals surface area contributed by atoms with E-state index in [2.05, 4.69) is 9.97 Å². The first-order valence-corrected chi connectivity index (χ1v) is 9.43. The van der Waals surface area contributed by atoms with Crippen LogP contribution in [-0.4, -0.2) is 23.2 Å². The van der Waals surface area contributed by atoms with Crippen LogP contribution < -0.4 is 15.0 Å². The Morgan fingerprint density at radius 3 is 2.88 bits per heavy atom. The van der Waals surface area contributed by atoms with Gasteiger partial charge in [0, 0.05) is 9.77 Å². The van der Waals surface area contributed by atoms with Crippen molar-refractivity contribution in [2.75, 3.05) is 13.2 Å². The average Bonchev–Trinajstić information content (AvgIpc) is 2.87. The summed E-state index contributed by atoms with van der Waals surface area (Å²) in [6.07, 6.45) is 0. The van der Waals surface area contributed by atoms with Crippen LogP contribution in [0.15, 0.2) is 27.9 Å². The molecule has 3 heterocycles. The zero-order chi connectivity index (χ0) is 16.7. The quantitative estimate of drug-likeness (QED) is 0.722. The van der Waals surface area contributed by atoms with Gasteiger partial charge in [-0.25, -0.2) is 4.98 Å². The predicted molar refractivity (Wildman–Crippen MR) is 96.7 cm³/mol. The van der Waals surface area contributed by atoms with Crippen LogP contribution in [0.5, 0.6) is 11.5 Å². The molecule has 1 N–H and O–H groups in total. The summed E-state index contributed by atoms with van der Waals surface area (Å²) in [4.78, 5) is 22.8. The first-order valence-electron chi connectivity index (χ1n) is 7.63. The summed E-state index contributed by atoms with van der Waals surface area (Å²) in [5.41, 5.74) is 0.967. The number of aromatic nitrogens is 2. The molecule has 0 unspecified atom stereocenters. The van der Waals surface area contributed by atoms with E-state index in [9.17, 15) is 4.79 Å². The smallest absolute Gasteiger partial charge is 0.259 e. The molecule has 5 nitrogen and oxygen atoms in total. The van der Waals surface area contributed by atoms with Crippen molar-refractivity contribution in [1.82, 2.24) is 9.97 Å². The Bertz CT molecular complexity index is 978. The number of hydrogen-bond donors (Lipinski definition) is 1. The van der Waals surface area contributed by atoms with E-state index in [1.54, 1.807) is 23.1 Å². The van der Waals surface area contributed by atoms with Crippen molar-refractivity contribution >= 4 is 33.3 Å². The van der Waals surface area contributed by atoms with E-state index in [0.717, 1.165) is 31.7 Å². The molecule has 0 fully saturated rings. The zero-order valence-corrected chi connectivity index (χ0v) is 15.0. The van der Waals surface area contributed by atoms with Crippen molar-refractivity contribution < 1.29 is 9.47 Å². The molecule has 0 spiro atoms. The molecule has 0 amide bonds. The Balaban J connectivity index is 1.58. The van der Waals surface area contributed by atoms with Crippen LogP contribution in [0.1, 0.15) is 16.3 Å². The van der Waals surface area contributed by atoms with Crippen molar-refractivity contribution in [3.63, 3.8) is 0 Å². The molecule has 0 saturated carbocycles. The molecule has 2 aromatic heterocycles. The Morgan fingerprint density at radius 2 is 2.04 bits per heavy atom. The van der Waals surface area contributed by atoms with Gasteiger partial charge in [-0.2, -0.15) is 0 Å². The number of ether oxygens (including phenoxy) is 2. The molecule has 0 bridgehead atoms. The van der Waals surface area contributed by atoms with Crippen LogP contribution in [0, 0.1) is 13.8 Å². The molecule has 24 heavy (non-hydrogen) atoms. The summed E-state index contributed by atoms with van der Waals surface area (Å²) in [5.74, 6) is 2.84. The summed E-state index contributed by atoms with van der Waals surface area (Å²) in [7, 11) is 0. The van der Waals surface area contributed by atoms with Crippen molar-refractivity contribution in [2.45, 2.75) is 24.5 Å². The fraction of sp³-hybridized carbons (Fsp3) is 0.294. The van der Waals surface area contributed by atoms with Crippen LogP contribution in [-0.2, 0) is 5.75 Å². The van der Waals surface area contributed by atoms with Crippen molar-refractivity contribution in [1.29, 1.82) is 0 Å². The highest BCUT2D eigenvalue weighted by molar-refractivity contribution is 7.98. The van der Waals surface area contributed by atoms with Gasteiger partial charge in [0.05, 0.1) is 11.1 Å². The summed E-state index contributed by atoms with van der Waals surface area (Å²) in [6, 6.07) is 5.88. The van der Waals surface area contributed by atoms with Crippen molar-refractivity contribution in [3.05, 3.63) is 44.8 Å². The lowest BCUT2D eigenvalue weighted by molar-refractivity contribution is 0.171. The second-order valence-electron chi connectivity index (χ2n) is 5.57. The van der Waals surface area contributed by atoms with Crippen molar-refractivity contribution in [2.24, 2.45) is 0 Å². The highest BCUT2D eigenvalue weighted by Gasteiger charge is 2.14. The van der Waals surface area contributed by atoms with Gasteiger partial charge in [0.2, 0.25) is 0 Å². The number of nitrogens with zero attached hydrogens (tertiary/aromatic N) is 1. The van der Waals surface area contributed by atoms with E-state index in [-0.39, 0.29) is 5.56 Å². The number of thioether (sulfide) groups is 1. The van der Waals surface area contributed by atoms with Gasteiger partial charge in [0.1, 0.15) is 23.9 Å². The second-order valence-corrected chi connectivity index (χ2v) is 7.82. The van der Waals surface area contributed by atoms with Gasteiger partial charge in [0.15, 0.2) is 11.5 Å². The predicted octanol–water partition coefficient (Wildman–Crippen LogP) is 3.66. The summed E-state index contributed by atoms with van der Waals surface area (Å²) >= 11 is 3.18. The number of aryl methyl sites for hydroxylation is 2. The first-order chi connectivity index (χ1) is 11.6. The molecule has 124 valence electrons. The van der Waals surface area contributed by atoms with E-state index in [1.165, 1.54) is 0 Å². The normalized spacial score (nSPS) is 13.4. The van der Waals surface area contributed by atoms with Gasteiger partial charge < -0.3 is 14.5 Å². The lowest BCUT2D eigenvalue weighted by Gasteiger charge is -2.18. The number of fused-ring (bicyclic) bond motifs is 2. The van der Waals surface area contributed by atoms with Crippen LogP contribution in [0.3, 0.4) is 0 Å². The highest BCUT2D eigenvalue weighted by atomic mass is 32.2. The molecule has 0 atom stereocenters. The number of hydrogen-bond acceptors (Lipinski definition) is 6. The Kier molecular flexibility index (Phi) is 3.97. The number of benzene rings is 1. The Morgan fingerprint density at radius 1 is 1.25 bits per heavy atom. The maximum atomic E-state index is 12.3. The molecule has 0 radical (unpaired) electrons. The molecular formula is C17H16N2O3S2. The van der Waals surface area contributed by atoms with E-state index < -0.39 is 0 Å². The van der Waals surface area contributed by atoms with Crippen LogP contribution >= 0.6 is 23.1 Å². The zero-order valence-electron chi connectivity index (χ0n) is 13.3. The fourth-order valence-corrected chi connectivity index (χ4v) is 4.48. The third kappa shape index (κ3) is 2.78. The van der Waals surface area contributed by atoms with Gasteiger partial charge in [-0.05, 0) is 37.6 Å². The first kappa shape index (κ1) is 15.5. The topological polar surface area (TPSA) is 64.2 Å². The van der Waals surface area contributed by atoms with Gasteiger partial charge in [-0.15, -0.1) is 23.1 Å². The number of thiophene rings is 1. The van der Waals surface area contributed by atoms with E-state index >= 15 is 0 Å². The molecule has 0 aliphatic carbocycles. The lowest BCUT2D eigenvalue weighted by Crippen LogP contribution is -2.15. The second kappa shape index (κ2) is 6.14. The largest absolute Gasteiger partial charge is 0.486 e. The Hall–Kier alpha value is -1.99. The Labute approximate surface area is 147 Å². The highest BCUT2D eigenvalue weighted by Crippen LogP contribution is 2.35. The maximum Gasteiger partial charge on any atom is 0.259 e. The standard InChI is InChI=1S/C17H16N2O3S2/c1-9-10(2)24-17-15(9)16(20)18-14(19-17)8-23-11-3-4-12-13(7-11)22-6-5-21-12/h3-4,7H,5-6,8H2,1-2H3,(H,18,19,20). The van der Waals surface area contributed by atoms with Gasteiger partial charge in [0.25, 0.3) is 5.56 Å². The molecule has 4 rings (SSSR count). The maximum absolute atomic E-state index is 12.3. The molecular weight excluding hydrogens is 344 g/mol. The van der Waals surface area contributed by atoms with E-state index in [4.69, 9.17) is 9.47 Å². The van der Waals surface area contributed by atoms with Crippen LogP contribution in [0.25, 0.3) is 10.2 Å². The molecule has 3 aromatic rings. The fourth-order valence-electron chi connectivity index (χ4n) is 2.63. The summed E-state index contributed by atoms with van der Waals surface area (Å²) < 4.78 is 11.1. The monoisotopic (exact) mass is 360 g/mol. The lowest BCUT2D eigenvalue weighted by atomic mass is 10.2. The third-order valence-corrected chi connectivity index (χ3v) is 6.08. The van der Waals surface area contributed by atoms with Crippen molar-refractivity contribution in [3.8, 4) is 11.5 Å². The molecule has 1 aromatic carbocycles. The third-order valence-electron chi connectivity index (χ3n) is 3.98. The van der Waals surface area contributed by atoms with Crippen LogP contribution in [0.2, 0.25) is 0 Å². The number of aromatic amines is 1. The van der Waals surface area contributed by atoms with Gasteiger partial charge in [-0.1, -0.05) is 0 Å². The molecule has 7 heteroatoms. The number of H-pyrrole nitrogens is 1. The summed E-state index contributed by atoms with van der Waals surface area (Å²) in [5, 5.41) is 0.713. The average molecular weight is 360 g/mol. The minimum atomic E-state index is -0.0559. The minimum Gasteiger partial charge on any atom is -0.486 e. The molecule has 0 saturated heterocycles. The van der Waals surface area contributed by atoms with E-state index in [1.807, 2.05) is 32.0 Å². The minimum absolute atomic E-state index is 0.0559. The molecule has 1 aliphatic rings. The number of rotatable bonds is 3.